The first-order chi connectivity index (χ1) is 9.56. The molecule has 1 fully saturated rings. The predicted molar refractivity (Wildman–Crippen MR) is 71.9 cm³/mol. The number of aromatic nitrogens is 1. The SMILES string of the molecule is CC1C(=O)NC(=O)CN1C(=O)c1ccc2cc[nH]c2c1. The van der Waals surface area contributed by atoms with Gasteiger partial charge in [0, 0.05) is 17.3 Å². The Bertz CT molecular complexity index is 719. The molecule has 6 heteroatoms. The van der Waals surface area contributed by atoms with E-state index in [-0.39, 0.29) is 12.5 Å². The zero-order valence-electron chi connectivity index (χ0n) is 10.8. The standard InChI is InChI=1S/C14H13N3O3/c1-8-13(19)16-12(18)7-17(8)14(20)10-3-2-9-4-5-15-11(9)6-10/h2-6,8,15H,7H2,1H3,(H,16,18,19). The number of nitrogens with zero attached hydrogens (tertiary/aromatic N) is 1. The summed E-state index contributed by atoms with van der Waals surface area (Å²) in [6.45, 7) is 1.50. The third kappa shape index (κ3) is 1.95. The molecule has 1 aromatic carbocycles. The highest BCUT2D eigenvalue weighted by atomic mass is 16.2. The van der Waals surface area contributed by atoms with Crippen LogP contribution in [-0.2, 0) is 9.59 Å². The summed E-state index contributed by atoms with van der Waals surface area (Å²) in [5, 5.41) is 3.21. The Balaban J connectivity index is 1.94. The Morgan fingerprint density at radius 3 is 2.90 bits per heavy atom. The van der Waals surface area contributed by atoms with Crippen LogP contribution in [0, 0.1) is 0 Å². The number of nitrogens with one attached hydrogen (secondary N) is 2. The molecule has 20 heavy (non-hydrogen) atoms. The van der Waals surface area contributed by atoms with Crippen molar-refractivity contribution in [3.8, 4) is 0 Å². The normalized spacial score (nSPS) is 19.2. The van der Waals surface area contributed by atoms with Gasteiger partial charge in [-0.3, -0.25) is 19.7 Å². The summed E-state index contributed by atoms with van der Waals surface area (Å²) < 4.78 is 0. The van der Waals surface area contributed by atoms with Crippen molar-refractivity contribution in [2.75, 3.05) is 6.54 Å². The number of fused-ring (bicyclic) bond motifs is 1. The van der Waals surface area contributed by atoms with Crippen LogP contribution in [0.4, 0.5) is 0 Å². The Kier molecular flexibility index (Phi) is 2.78. The summed E-state index contributed by atoms with van der Waals surface area (Å²) in [7, 11) is 0. The van der Waals surface area contributed by atoms with Gasteiger partial charge in [0.25, 0.3) is 5.91 Å². The highest BCUT2D eigenvalue weighted by Crippen LogP contribution is 2.17. The van der Waals surface area contributed by atoms with Crippen LogP contribution >= 0.6 is 0 Å². The topological polar surface area (TPSA) is 82.3 Å². The summed E-state index contributed by atoms with van der Waals surface area (Å²) >= 11 is 0. The first kappa shape index (κ1) is 12.4. The third-order valence-corrected chi connectivity index (χ3v) is 3.49. The zero-order valence-corrected chi connectivity index (χ0v) is 10.8. The summed E-state index contributed by atoms with van der Waals surface area (Å²) in [4.78, 5) is 39.8. The van der Waals surface area contributed by atoms with Crippen molar-refractivity contribution in [3.05, 3.63) is 36.0 Å². The number of aromatic amines is 1. The molecule has 2 heterocycles. The molecule has 1 aromatic heterocycles. The summed E-state index contributed by atoms with van der Waals surface area (Å²) in [6.07, 6.45) is 1.79. The minimum absolute atomic E-state index is 0.103. The van der Waals surface area contributed by atoms with E-state index in [0.717, 1.165) is 10.9 Å². The van der Waals surface area contributed by atoms with Gasteiger partial charge in [0.1, 0.15) is 12.6 Å². The molecule has 0 bridgehead atoms. The molecule has 0 aliphatic carbocycles. The van der Waals surface area contributed by atoms with E-state index in [1.54, 1.807) is 25.3 Å². The van der Waals surface area contributed by atoms with Gasteiger partial charge in [-0.1, -0.05) is 6.07 Å². The number of rotatable bonds is 1. The van der Waals surface area contributed by atoms with Crippen molar-refractivity contribution in [1.82, 2.24) is 15.2 Å². The lowest BCUT2D eigenvalue weighted by Gasteiger charge is -2.31. The van der Waals surface area contributed by atoms with Crippen LogP contribution in [0.25, 0.3) is 10.9 Å². The van der Waals surface area contributed by atoms with Crippen molar-refractivity contribution in [3.63, 3.8) is 0 Å². The van der Waals surface area contributed by atoms with Gasteiger partial charge >= 0.3 is 0 Å². The number of piperazine rings is 1. The molecule has 3 rings (SSSR count). The second kappa shape index (κ2) is 4.48. The van der Waals surface area contributed by atoms with E-state index in [4.69, 9.17) is 0 Å². The second-order valence-corrected chi connectivity index (χ2v) is 4.80. The molecular formula is C14H13N3O3. The van der Waals surface area contributed by atoms with Crippen molar-refractivity contribution >= 4 is 28.6 Å². The molecular weight excluding hydrogens is 258 g/mol. The molecule has 0 saturated carbocycles. The fraction of sp³-hybridized carbons (Fsp3) is 0.214. The van der Waals surface area contributed by atoms with E-state index in [2.05, 4.69) is 10.3 Å². The molecule has 3 amide bonds. The van der Waals surface area contributed by atoms with E-state index in [1.807, 2.05) is 12.1 Å². The van der Waals surface area contributed by atoms with Gasteiger partial charge in [-0.25, -0.2) is 0 Å². The monoisotopic (exact) mass is 271 g/mol. The van der Waals surface area contributed by atoms with Gasteiger partial charge in [-0.2, -0.15) is 0 Å². The van der Waals surface area contributed by atoms with Crippen molar-refractivity contribution in [1.29, 1.82) is 0 Å². The highest BCUT2D eigenvalue weighted by molar-refractivity contribution is 6.07. The third-order valence-electron chi connectivity index (χ3n) is 3.49. The fourth-order valence-corrected chi connectivity index (χ4v) is 2.31. The summed E-state index contributed by atoms with van der Waals surface area (Å²) in [5.41, 5.74) is 1.30. The van der Waals surface area contributed by atoms with Crippen molar-refractivity contribution in [2.24, 2.45) is 0 Å². The Hall–Kier alpha value is -2.63. The van der Waals surface area contributed by atoms with Crippen LogP contribution in [0.1, 0.15) is 17.3 Å². The van der Waals surface area contributed by atoms with Gasteiger partial charge in [0.05, 0.1) is 0 Å². The number of benzene rings is 1. The highest BCUT2D eigenvalue weighted by Gasteiger charge is 2.33. The minimum atomic E-state index is -0.653. The van der Waals surface area contributed by atoms with Crippen LogP contribution < -0.4 is 5.32 Å². The van der Waals surface area contributed by atoms with Crippen LogP contribution in [0.2, 0.25) is 0 Å². The fourth-order valence-electron chi connectivity index (χ4n) is 2.31. The Labute approximate surface area is 114 Å². The number of H-pyrrole nitrogens is 1. The predicted octanol–water partition coefficient (Wildman–Crippen LogP) is 0.655. The van der Waals surface area contributed by atoms with Crippen LogP contribution in [0.5, 0.6) is 0 Å². The molecule has 1 aliphatic rings. The molecule has 2 N–H and O–H groups in total. The van der Waals surface area contributed by atoms with Crippen molar-refractivity contribution < 1.29 is 14.4 Å². The molecule has 1 saturated heterocycles. The van der Waals surface area contributed by atoms with Crippen LogP contribution in [0.3, 0.4) is 0 Å². The maximum Gasteiger partial charge on any atom is 0.255 e. The molecule has 2 aromatic rings. The first-order valence-electron chi connectivity index (χ1n) is 6.28. The van der Waals surface area contributed by atoms with Gasteiger partial charge in [0.15, 0.2) is 0 Å². The smallest absolute Gasteiger partial charge is 0.255 e. The molecule has 1 atom stereocenters. The molecule has 1 unspecified atom stereocenters. The summed E-state index contributed by atoms with van der Waals surface area (Å²) in [6, 6.07) is 6.50. The molecule has 0 spiro atoms. The lowest BCUT2D eigenvalue weighted by molar-refractivity contribution is -0.138. The second-order valence-electron chi connectivity index (χ2n) is 4.80. The van der Waals surface area contributed by atoms with Gasteiger partial charge in [0.2, 0.25) is 11.8 Å². The van der Waals surface area contributed by atoms with Crippen LogP contribution in [0.15, 0.2) is 30.5 Å². The first-order valence-corrected chi connectivity index (χ1v) is 6.28. The van der Waals surface area contributed by atoms with Gasteiger partial charge in [-0.05, 0) is 30.5 Å². The Morgan fingerprint density at radius 1 is 1.30 bits per heavy atom. The maximum absolute atomic E-state index is 12.4. The van der Waals surface area contributed by atoms with Crippen LogP contribution in [-0.4, -0.2) is 40.2 Å². The largest absolute Gasteiger partial charge is 0.361 e. The molecule has 6 nitrogen and oxygen atoms in total. The lowest BCUT2D eigenvalue weighted by Crippen LogP contribution is -2.58. The average Bonchev–Trinajstić information content (AvgIpc) is 2.89. The number of hydrogen-bond acceptors (Lipinski definition) is 3. The molecule has 0 radical (unpaired) electrons. The zero-order chi connectivity index (χ0) is 14.3. The number of hydrogen-bond donors (Lipinski definition) is 2. The lowest BCUT2D eigenvalue weighted by atomic mass is 10.1. The maximum atomic E-state index is 12.4. The van der Waals surface area contributed by atoms with E-state index in [9.17, 15) is 14.4 Å². The number of carbonyl (C=O) groups is 3. The minimum Gasteiger partial charge on any atom is -0.361 e. The summed E-state index contributed by atoms with van der Waals surface area (Å²) in [5.74, 6) is -1.23. The van der Waals surface area contributed by atoms with E-state index < -0.39 is 17.9 Å². The number of carbonyl (C=O) groups excluding carboxylic acids is 3. The molecule has 102 valence electrons. The van der Waals surface area contributed by atoms with E-state index in [1.165, 1.54) is 4.90 Å². The van der Waals surface area contributed by atoms with Gasteiger partial charge in [-0.15, -0.1) is 0 Å². The Morgan fingerprint density at radius 2 is 2.10 bits per heavy atom. The number of imide groups is 1. The quantitative estimate of drug-likeness (QED) is 0.747. The van der Waals surface area contributed by atoms with Gasteiger partial charge < -0.3 is 9.88 Å². The van der Waals surface area contributed by atoms with E-state index in [0.29, 0.717) is 5.56 Å². The average molecular weight is 271 g/mol. The molecule has 1 aliphatic heterocycles. The van der Waals surface area contributed by atoms with Crippen molar-refractivity contribution in [2.45, 2.75) is 13.0 Å². The van der Waals surface area contributed by atoms with E-state index >= 15 is 0 Å². The number of amides is 3.